The summed E-state index contributed by atoms with van der Waals surface area (Å²) in [5, 5.41) is 5.12. The van der Waals surface area contributed by atoms with Crippen LogP contribution in [-0.2, 0) is 19.6 Å². The Morgan fingerprint density at radius 1 is 1.10 bits per heavy atom. The molecule has 0 aliphatic carbocycles. The third-order valence-corrected chi connectivity index (χ3v) is 6.39. The number of carbonyl (C=O) groups excluding carboxylic acids is 2. The predicted octanol–water partition coefficient (Wildman–Crippen LogP) is 1.08. The lowest BCUT2D eigenvalue weighted by atomic mass is 10.2. The number of nitrogens with one attached hydrogen (secondary N) is 2. The number of amides is 2. The first-order valence-corrected chi connectivity index (χ1v) is 10.7. The second-order valence-electron chi connectivity index (χ2n) is 6.48. The molecule has 0 radical (unpaired) electrons. The van der Waals surface area contributed by atoms with Gasteiger partial charge in [-0.1, -0.05) is 18.2 Å². The molecule has 2 aromatic rings. The van der Waals surface area contributed by atoms with Crippen LogP contribution in [0.25, 0.3) is 0 Å². The molecular weight excluding hydrogens is 410 g/mol. The summed E-state index contributed by atoms with van der Waals surface area (Å²) in [6.07, 6.45) is 0. The summed E-state index contributed by atoms with van der Waals surface area (Å²) >= 11 is 0. The molecule has 160 valence electrons. The van der Waals surface area contributed by atoms with E-state index in [1.165, 1.54) is 29.6 Å². The Bertz CT molecular complexity index is 1000. The number of benzene rings is 2. The quantitative estimate of drug-likeness (QED) is 0.676. The lowest BCUT2D eigenvalue weighted by molar-refractivity contribution is -0.115. The highest BCUT2D eigenvalue weighted by atomic mass is 32.2. The van der Waals surface area contributed by atoms with Crippen LogP contribution in [-0.4, -0.2) is 64.5 Å². The maximum absolute atomic E-state index is 12.9. The van der Waals surface area contributed by atoms with Crippen molar-refractivity contribution in [1.82, 2.24) is 9.62 Å². The lowest BCUT2D eigenvalue weighted by Crippen LogP contribution is -2.40. The zero-order valence-corrected chi connectivity index (χ0v) is 17.3. The van der Waals surface area contributed by atoms with Gasteiger partial charge in [-0.2, -0.15) is 4.31 Å². The standard InChI is InChI=1S/C20H23N3O6S/c1-28-18-8-7-16(30(26,27)23-9-11-29-12-10-23)13-17(18)22-19(24)14-21-20(25)15-5-3-2-4-6-15/h2-8,13H,9-12,14H2,1H3,(H,21,25)(H,22,24). The first kappa shape index (κ1) is 21.8. The molecular formula is C20H23N3O6S. The first-order chi connectivity index (χ1) is 14.4. The van der Waals surface area contributed by atoms with Crippen LogP contribution in [0.5, 0.6) is 5.75 Å². The highest BCUT2D eigenvalue weighted by Crippen LogP contribution is 2.29. The smallest absolute Gasteiger partial charge is 0.251 e. The third-order valence-electron chi connectivity index (χ3n) is 4.50. The van der Waals surface area contributed by atoms with Crippen molar-refractivity contribution >= 4 is 27.5 Å². The molecule has 30 heavy (non-hydrogen) atoms. The second-order valence-corrected chi connectivity index (χ2v) is 8.41. The van der Waals surface area contributed by atoms with Crippen LogP contribution in [0.3, 0.4) is 0 Å². The largest absolute Gasteiger partial charge is 0.495 e. The molecule has 0 atom stereocenters. The van der Waals surface area contributed by atoms with Crippen molar-refractivity contribution in [1.29, 1.82) is 0 Å². The summed E-state index contributed by atoms with van der Waals surface area (Å²) in [4.78, 5) is 24.4. The summed E-state index contributed by atoms with van der Waals surface area (Å²) in [5.74, 6) is -0.599. The maximum Gasteiger partial charge on any atom is 0.251 e. The number of rotatable bonds is 7. The number of anilines is 1. The van der Waals surface area contributed by atoms with E-state index in [9.17, 15) is 18.0 Å². The molecule has 3 rings (SSSR count). The summed E-state index contributed by atoms with van der Waals surface area (Å²) < 4.78 is 37.5. The zero-order valence-electron chi connectivity index (χ0n) is 16.5. The molecule has 0 aromatic heterocycles. The Labute approximate surface area is 175 Å². The van der Waals surface area contributed by atoms with Gasteiger partial charge in [0.05, 0.1) is 37.5 Å². The van der Waals surface area contributed by atoms with Gasteiger partial charge in [-0.25, -0.2) is 8.42 Å². The highest BCUT2D eigenvalue weighted by Gasteiger charge is 2.27. The van der Waals surface area contributed by atoms with Crippen molar-refractivity contribution in [2.45, 2.75) is 4.90 Å². The monoisotopic (exact) mass is 433 g/mol. The van der Waals surface area contributed by atoms with E-state index in [0.29, 0.717) is 24.5 Å². The average Bonchev–Trinajstić information content (AvgIpc) is 2.78. The van der Waals surface area contributed by atoms with Crippen LogP contribution in [0.2, 0.25) is 0 Å². The van der Waals surface area contributed by atoms with Gasteiger partial charge in [-0.05, 0) is 30.3 Å². The fourth-order valence-electron chi connectivity index (χ4n) is 2.93. The van der Waals surface area contributed by atoms with Gasteiger partial charge in [0.25, 0.3) is 5.91 Å². The maximum atomic E-state index is 12.9. The van der Waals surface area contributed by atoms with Crippen molar-refractivity contribution in [2.75, 3.05) is 45.3 Å². The van der Waals surface area contributed by atoms with E-state index in [1.807, 2.05) is 0 Å². The van der Waals surface area contributed by atoms with Gasteiger partial charge in [0, 0.05) is 18.7 Å². The Morgan fingerprint density at radius 2 is 1.80 bits per heavy atom. The van der Waals surface area contributed by atoms with Crippen LogP contribution >= 0.6 is 0 Å². The summed E-state index contributed by atoms with van der Waals surface area (Å²) in [7, 11) is -2.32. The van der Waals surface area contributed by atoms with Crippen molar-refractivity contribution in [2.24, 2.45) is 0 Å². The van der Waals surface area contributed by atoms with Crippen molar-refractivity contribution in [3.63, 3.8) is 0 Å². The molecule has 0 saturated carbocycles. The van der Waals surface area contributed by atoms with Crippen molar-refractivity contribution < 1.29 is 27.5 Å². The number of hydrogen-bond donors (Lipinski definition) is 2. The number of nitrogens with zero attached hydrogens (tertiary/aromatic N) is 1. The second kappa shape index (κ2) is 9.70. The van der Waals surface area contributed by atoms with E-state index in [1.54, 1.807) is 30.3 Å². The Morgan fingerprint density at radius 3 is 2.47 bits per heavy atom. The fraction of sp³-hybridized carbons (Fsp3) is 0.300. The SMILES string of the molecule is COc1ccc(S(=O)(=O)N2CCOCC2)cc1NC(=O)CNC(=O)c1ccccc1. The van der Waals surface area contributed by atoms with E-state index in [4.69, 9.17) is 9.47 Å². The topological polar surface area (TPSA) is 114 Å². The molecule has 1 fully saturated rings. The molecule has 2 aromatic carbocycles. The minimum atomic E-state index is -3.73. The highest BCUT2D eigenvalue weighted by molar-refractivity contribution is 7.89. The number of morpholine rings is 1. The van der Waals surface area contributed by atoms with E-state index in [2.05, 4.69) is 10.6 Å². The van der Waals surface area contributed by atoms with Crippen molar-refractivity contribution in [3.8, 4) is 5.75 Å². The van der Waals surface area contributed by atoms with Crippen LogP contribution < -0.4 is 15.4 Å². The number of methoxy groups -OCH3 is 1. The van der Waals surface area contributed by atoms with Gasteiger partial charge >= 0.3 is 0 Å². The number of ether oxygens (including phenoxy) is 2. The minimum Gasteiger partial charge on any atom is -0.495 e. The normalized spacial score (nSPS) is 14.7. The van der Waals surface area contributed by atoms with Crippen LogP contribution in [0.4, 0.5) is 5.69 Å². The number of hydrogen-bond acceptors (Lipinski definition) is 6. The molecule has 2 amide bonds. The van der Waals surface area contributed by atoms with Gasteiger partial charge in [-0.3, -0.25) is 9.59 Å². The minimum absolute atomic E-state index is 0.0359. The third kappa shape index (κ3) is 5.15. The Balaban J connectivity index is 1.70. The van der Waals surface area contributed by atoms with Gasteiger partial charge in [0.2, 0.25) is 15.9 Å². The average molecular weight is 433 g/mol. The molecule has 9 nitrogen and oxygen atoms in total. The molecule has 1 aliphatic heterocycles. The van der Waals surface area contributed by atoms with Gasteiger partial charge in [-0.15, -0.1) is 0 Å². The van der Waals surface area contributed by atoms with E-state index in [-0.39, 0.29) is 36.1 Å². The molecule has 2 N–H and O–H groups in total. The molecule has 1 heterocycles. The number of carbonyl (C=O) groups is 2. The van der Waals surface area contributed by atoms with Crippen LogP contribution in [0.1, 0.15) is 10.4 Å². The molecule has 0 spiro atoms. The Kier molecular flexibility index (Phi) is 7.03. The molecule has 1 aliphatic rings. The Hall–Kier alpha value is -2.95. The first-order valence-electron chi connectivity index (χ1n) is 9.31. The lowest BCUT2D eigenvalue weighted by Gasteiger charge is -2.26. The molecule has 0 bridgehead atoms. The van der Waals surface area contributed by atoms with Gasteiger partial charge < -0.3 is 20.1 Å². The fourth-order valence-corrected chi connectivity index (χ4v) is 4.36. The van der Waals surface area contributed by atoms with Gasteiger partial charge in [0.15, 0.2) is 0 Å². The van der Waals surface area contributed by atoms with Crippen molar-refractivity contribution in [3.05, 3.63) is 54.1 Å². The summed E-state index contributed by atoms with van der Waals surface area (Å²) in [6, 6.07) is 12.8. The summed E-state index contributed by atoms with van der Waals surface area (Å²) in [6.45, 7) is 0.917. The molecule has 1 saturated heterocycles. The van der Waals surface area contributed by atoms with E-state index in [0.717, 1.165) is 0 Å². The zero-order chi connectivity index (χ0) is 21.6. The predicted molar refractivity (Wildman–Crippen MR) is 110 cm³/mol. The molecule has 10 heteroatoms. The van der Waals surface area contributed by atoms with E-state index >= 15 is 0 Å². The molecule has 0 unspecified atom stereocenters. The summed E-state index contributed by atoms with van der Waals surface area (Å²) in [5.41, 5.74) is 0.632. The van der Waals surface area contributed by atoms with E-state index < -0.39 is 15.9 Å². The number of sulfonamides is 1. The van der Waals surface area contributed by atoms with Gasteiger partial charge in [0.1, 0.15) is 5.75 Å². The van der Waals surface area contributed by atoms with Crippen LogP contribution in [0.15, 0.2) is 53.4 Å². The van der Waals surface area contributed by atoms with Crippen LogP contribution in [0, 0.1) is 0 Å².